The molecule has 28 heavy (non-hydrogen) atoms. The fourth-order valence-corrected chi connectivity index (χ4v) is 3.16. The number of pyridine rings is 1. The molecule has 0 saturated carbocycles. The average molecular weight is 378 g/mol. The molecule has 0 spiro atoms. The van der Waals surface area contributed by atoms with Crippen LogP contribution in [0.2, 0.25) is 0 Å². The molecule has 1 aromatic carbocycles. The van der Waals surface area contributed by atoms with Gasteiger partial charge in [-0.1, -0.05) is 26.0 Å². The van der Waals surface area contributed by atoms with Crippen molar-refractivity contribution in [3.05, 3.63) is 83.6 Å². The van der Waals surface area contributed by atoms with Crippen molar-refractivity contribution in [1.29, 1.82) is 0 Å². The summed E-state index contributed by atoms with van der Waals surface area (Å²) in [5, 5.41) is 0. The molecule has 3 aromatic rings. The molecule has 1 amide bonds. The Kier molecular flexibility index (Phi) is 6.48. The predicted octanol–water partition coefficient (Wildman–Crippen LogP) is 4.71. The van der Waals surface area contributed by atoms with Gasteiger partial charge in [-0.15, -0.1) is 0 Å². The number of ether oxygens (including phenoxy) is 1. The maximum Gasteiger partial charge on any atom is 0.261 e. The molecule has 146 valence electrons. The third-order valence-electron chi connectivity index (χ3n) is 4.60. The highest BCUT2D eigenvalue weighted by Gasteiger charge is 2.17. The molecular weight excluding hydrogens is 352 g/mol. The number of nitrogens with zero attached hydrogens (tertiary/aromatic N) is 2. The Morgan fingerprint density at radius 2 is 2.04 bits per heavy atom. The lowest BCUT2D eigenvalue weighted by atomic mass is 9.98. The normalized spacial score (nSPS) is 10.9. The van der Waals surface area contributed by atoms with E-state index in [9.17, 15) is 4.79 Å². The number of hydrogen-bond donors (Lipinski definition) is 0. The monoisotopic (exact) mass is 378 g/mol. The van der Waals surface area contributed by atoms with Crippen LogP contribution in [0, 0.1) is 6.92 Å². The topological polar surface area (TPSA) is 55.6 Å². The van der Waals surface area contributed by atoms with Crippen molar-refractivity contribution in [2.24, 2.45) is 0 Å². The summed E-state index contributed by atoms with van der Waals surface area (Å²) < 4.78 is 11.2. The van der Waals surface area contributed by atoms with Crippen LogP contribution in [0.1, 0.15) is 42.2 Å². The third kappa shape index (κ3) is 5.22. The lowest BCUT2D eigenvalue weighted by Crippen LogP contribution is -2.34. The quantitative estimate of drug-likeness (QED) is 0.569. The van der Waals surface area contributed by atoms with E-state index >= 15 is 0 Å². The molecule has 0 aliphatic carbocycles. The van der Waals surface area contributed by atoms with Crippen LogP contribution in [0.25, 0.3) is 0 Å². The molecule has 0 aliphatic heterocycles. The van der Waals surface area contributed by atoms with Gasteiger partial charge in [0.2, 0.25) is 0 Å². The van der Waals surface area contributed by atoms with Gasteiger partial charge in [0.05, 0.1) is 12.8 Å². The summed E-state index contributed by atoms with van der Waals surface area (Å²) in [6, 6.07) is 13.5. The fourth-order valence-electron chi connectivity index (χ4n) is 3.16. The Morgan fingerprint density at radius 1 is 1.18 bits per heavy atom. The van der Waals surface area contributed by atoms with E-state index in [1.54, 1.807) is 23.6 Å². The highest BCUT2D eigenvalue weighted by Crippen LogP contribution is 2.23. The van der Waals surface area contributed by atoms with Crippen LogP contribution in [0.4, 0.5) is 0 Å². The summed E-state index contributed by atoms with van der Waals surface area (Å²) in [6.45, 7) is 7.20. The molecule has 0 atom stereocenters. The van der Waals surface area contributed by atoms with Crippen LogP contribution in [0.15, 0.2) is 65.5 Å². The Morgan fingerprint density at radius 3 is 2.68 bits per heavy atom. The number of aromatic nitrogens is 1. The third-order valence-corrected chi connectivity index (χ3v) is 4.60. The van der Waals surface area contributed by atoms with Crippen molar-refractivity contribution in [2.75, 3.05) is 6.61 Å². The average Bonchev–Trinajstić information content (AvgIpc) is 3.19. The van der Waals surface area contributed by atoms with Crippen LogP contribution >= 0.6 is 0 Å². The lowest BCUT2D eigenvalue weighted by Gasteiger charge is -2.22. The lowest BCUT2D eigenvalue weighted by molar-refractivity contribution is -0.134. The number of aryl methyl sites for hydroxylation is 1. The highest BCUT2D eigenvalue weighted by molar-refractivity contribution is 5.77. The Balaban J connectivity index is 1.67. The minimum Gasteiger partial charge on any atom is -0.484 e. The van der Waals surface area contributed by atoms with E-state index in [-0.39, 0.29) is 12.5 Å². The first-order valence-electron chi connectivity index (χ1n) is 9.45. The summed E-state index contributed by atoms with van der Waals surface area (Å²) in [7, 11) is 0. The zero-order valence-electron chi connectivity index (χ0n) is 16.6. The number of carbonyl (C=O) groups excluding carboxylic acids is 1. The smallest absolute Gasteiger partial charge is 0.261 e. The van der Waals surface area contributed by atoms with Gasteiger partial charge in [0.25, 0.3) is 5.91 Å². The Labute approximate surface area is 166 Å². The van der Waals surface area contributed by atoms with Gasteiger partial charge in [-0.3, -0.25) is 9.78 Å². The van der Waals surface area contributed by atoms with Gasteiger partial charge in [-0.2, -0.15) is 0 Å². The molecule has 0 radical (unpaired) electrons. The summed E-state index contributed by atoms with van der Waals surface area (Å²) >= 11 is 0. The molecule has 0 aliphatic rings. The zero-order valence-corrected chi connectivity index (χ0v) is 16.6. The summed E-state index contributed by atoms with van der Waals surface area (Å²) in [5.74, 6) is 1.79. The van der Waals surface area contributed by atoms with Crippen LogP contribution in [0.3, 0.4) is 0 Å². The number of amides is 1. The number of carbonyl (C=O) groups is 1. The van der Waals surface area contributed by atoms with Crippen molar-refractivity contribution in [3.63, 3.8) is 0 Å². The largest absolute Gasteiger partial charge is 0.484 e. The molecule has 5 heteroatoms. The van der Waals surface area contributed by atoms with Crippen LogP contribution in [-0.2, 0) is 17.9 Å². The van der Waals surface area contributed by atoms with E-state index < -0.39 is 0 Å². The van der Waals surface area contributed by atoms with Crippen LogP contribution in [0.5, 0.6) is 5.75 Å². The van der Waals surface area contributed by atoms with E-state index in [1.807, 2.05) is 36.4 Å². The van der Waals surface area contributed by atoms with Gasteiger partial charge in [-0.25, -0.2) is 0 Å². The second kappa shape index (κ2) is 9.22. The summed E-state index contributed by atoms with van der Waals surface area (Å²) in [6.07, 6.45) is 5.09. The predicted molar refractivity (Wildman–Crippen MR) is 108 cm³/mol. The highest BCUT2D eigenvalue weighted by atomic mass is 16.5. The first kappa shape index (κ1) is 19.7. The fraction of sp³-hybridized carbons (Fsp3) is 0.304. The van der Waals surface area contributed by atoms with Crippen LogP contribution in [-0.4, -0.2) is 22.4 Å². The van der Waals surface area contributed by atoms with E-state index in [0.29, 0.717) is 24.8 Å². The molecule has 5 nitrogen and oxygen atoms in total. The first-order chi connectivity index (χ1) is 13.5. The van der Waals surface area contributed by atoms with E-state index in [4.69, 9.17) is 9.15 Å². The molecule has 0 bridgehead atoms. The Bertz CT molecular complexity index is 889. The summed E-state index contributed by atoms with van der Waals surface area (Å²) in [5.41, 5.74) is 3.41. The number of furan rings is 1. The molecule has 0 saturated heterocycles. The van der Waals surface area contributed by atoms with E-state index in [2.05, 4.69) is 31.8 Å². The van der Waals surface area contributed by atoms with Crippen molar-refractivity contribution < 1.29 is 13.9 Å². The maximum atomic E-state index is 12.8. The van der Waals surface area contributed by atoms with E-state index in [1.165, 1.54) is 11.1 Å². The van der Waals surface area contributed by atoms with E-state index in [0.717, 1.165) is 11.3 Å². The van der Waals surface area contributed by atoms with Gasteiger partial charge in [-0.05, 0) is 59.9 Å². The number of benzene rings is 1. The van der Waals surface area contributed by atoms with Gasteiger partial charge < -0.3 is 14.1 Å². The molecule has 0 fully saturated rings. The second-order valence-corrected chi connectivity index (χ2v) is 7.15. The van der Waals surface area contributed by atoms with Gasteiger partial charge >= 0.3 is 0 Å². The zero-order chi connectivity index (χ0) is 19.9. The molecule has 2 aromatic heterocycles. The standard InChI is InChI=1S/C23H26N2O3/c1-17(2)22-9-8-20(12-18(22)3)28-16-23(26)25(15-21-7-5-11-27-21)14-19-6-4-10-24-13-19/h4-13,17H,14-16H2,1-3H3. The van der Waals surface area contributed by atoms with Crippen molar-refractivity contribution >= 4 is 5.91 Å². The molecule has 3 rings (SSSR count). The summed E-state index contributed by atoms with van der Waals surface area (Å²) in [4.78, 5) is 18.7. The van der Waals surface area contributed by atoms with Crippen molar-refractivity contribution in [2.45, 2.75) is 39.8 Å². The van der Waals surface area contributed by atoms with Gasteiger partial charge in [0.1, 0.15) is 11.5 Å². The minimum absolute atomic E-state index is 0.0264. The SMILES string of the molecule is Cc1cc(OCC(=O)N(Cc2cccnc2)Cc2ccco2)ccc1C(C)C. The van der Waals surface area contributed by atoms with Crippen molar-refractivity contribution in [1.82, 2.24) is 9.88 Å². The maximum absolute atomic E-state index is 12.8. The second-order valence-electron chi connectivity index (χ2n) is 7.15. The number of rotatable bonds is 8. The number of hydrogen-bond acceptors (Lipinski definition) is 4. The molecule has 0 N–H and O–H groups in total. The van der Waals surface area contributed by atoms with Gasteiger partial charge in [0.15, 0.2) is 6.61 Å². The van der Waals surface area contributed by atoms with Crippen molar-refractivity contribution in [3.8, 4) is 5.75 Å². The van der Waals surface area contributed by atoms with Crippen LogP contribution < -0.4 is 4.74 Å². The van der Waals surface area contributed by atoms with Gasteiger partial charge in [0, 0.05) is 18.9 Å². The molecular formula is C23H26N2O3. The first-order valence-corrected chi connectivity index (χ1v) is 9.45. The molecule has 2 heterocycles. The minimum atomic E-state index is -0.106. The molecule has 0 unspecified atom stereocenters. The Hall–Kier alpha value is -3.08.